The van der Waals surface area contributed by atoms with Crippen LogP contribution in [-0.2, 0) is 14.4 Å². The number of hydrogen-bond acceptors (Lipinski definition) is 7. The number of fused-ring (bicyclic) bond motifs is 1. The third kappa shape index (κ3) is 5.67. The van der Waals surface area contributed by atoms with Crippen LogP contribution in [0.1, 0.15) is 5.56 Å². The van der Waals surface area contributed by atoms with E-state index >= 15 is 0 Å². The Balaban J connectivity index is 1.80. The summed E-state index contributed by atoms with van der Waals surface area (Å²) in [6, 6.07) is -0.0109. The minimum Gasteiger partial charge on any atom is -0.569 e. The molecule has 3 rings (SSSR count). The Labute approximate surface area is 178 Å². The van der Waals surface area contributed by atoms with Crippen molar-refractivity contribution < 1.29 is 61.8 Å². The van der Waals surface area contributed by atoms with Gasteiger partial charge in [-0.05, 0) is 24.3 Å². The molecule has 2 aliphatic heterocycles. The van der Waals surface area contributed by atoms with Crippen molar-refractivity contribution in [3.63, 3.8) is 0 Å². The summed E-state index contributed by atoms with van der Waals surface area (Å²) < 4.78 is 114. The second-order valence-electron chi connectivity index (χ2n) is 6.85. The Kier molecular flexibility index (Phi) is 5.40. The lowest BCUT2D eigenvalue weighted by molar-refractivity contribution is -0.727. The Hall–Kier alpha value is -3.02. The van der Waals surface area contributed by atoms with Gasteiger partial charge in [-0.25, -0.2) is 4.79 Å². The first kappa shape index (κ1) is 24.6. The average molecular weight is 515 g/mol. The molecule has 0 aliphatic carbocycles. The number of hydrazine groups is 1. The van der Waals surface area contributed by atoms with Gasteiger partial charge < -0.3 is 24.6 Å². The summed E-state index contributed by atoms with van der Waals surface area (Å²) in [5, 5.41) is 24.2. The van der Waals surface area contributed by atoms with Gasteiger partial charge in [0, 0.05) is 5.56 Å². The first-order valence-corrected chi connectivity index (χ1v) is 10.5. The topological polar surface area (TPSA) is 107 Å². The van der Waals surface area contributed by atoms with Gasteiger partial charge in [-0.2, -0.15) is 13.2 Å². The van der Waals surface area contributed by atoms with Crippen molar-refractivity contribution in [3.05, 3.63) is 34.5 Å². The average Bonchev–Trinajstić information content (AvgIpc) is 2.64. The van der Waals surface area contributed by atoms with Gasteiger partial charge in [0.25, 0.3) is 6.79 Å². The molecule has 33 heavy (non-hydrogen) atoms. The predicted molar refractivity (Wildman–Crippen MR) is 92.0 cm³/mol. The van der Waals surface area contributed by atoms with Crippen molar-refractivity contribution in [1.82, 2.24) is 5.01 Å². The zero-order valence-electron chi connectivity index (χ0n) is 15.8. The molecule has 1 saturated heterocycles. The van der Waals surface area contributed by atoms with Crippen molar-refractivity contribution in [3.8, 4) is 5.75 Å². The summed E-state index contributed by atoms with van der Waals surface area (Å²) in [6.07, 6.45) is -8.73. The SMILES string of the molecule is O=C(OCON=[N+]([O-])N1CC(O)C1)C1=Cc2cc(S(F)(F)(F)(F)F)ccc2O[C@@H]1C(F)(F)F. The normalized spacial score (nSPS) is 21.6. The van der Waals surface area contributed by atoms with E-state index in [9.17, 15) is 42.6 Å². The molecule has 1 fully saturated rings. The zero-order chi connectivity index (χ0) is 24.9. The fraction of sp³-hybridized carbons (Fsp3) is 0.400. The molecule has 0 aromatic heterocycles. The van der Waals surface area contributed by atoms with Crippen molar-refractivity contribution in [2.45, 2.75) is 23.3 Å². The summed E-state index contributed by atoms with van der Waals surface area (Å²) >= 11 is 0. The minimum atomic E-state index is -10.2. The van der Waals surface area contributed by atoms with Gasteiger partial charge in [-0.3, -0.25) is 0 Å². The summed E-state index contributed by atoms with van der Waals surface area (Å²) in [5.74, 6) is -2.61. The van der Waals surface area contributed by atoms with E-state index in [-0.39, 0.29) is 42.3 Å². The quantitative estimate of drug-likeness (QED) is 0.116. The van der Waals surface area contributed by atoms with Crippen LogP contribution in [0.5, 0.6) is 5.75 Å². The molecule has 0 radical (unpaired) electrons. The highest BCUT2D eigenvalue weighted by Crippen LogP contribution is 3.02. The van der Waals surface area contributed by atoms with Crippen LogP contribution >= 0.6 is 10.2 Å². The Morgan fingerprint density at radius 2 is 1.91 bits per heavy atom. The second-order valence-corrected chi connectivity index (χ2v) is 9.26. The number of esters is 1. The molecule has 18 heteroatoms. The molecule has 1 N–H and O–H groups in total. The largest absolute Gasteiger partial charge is 0.569 e. The van der Waals surface area contributed by atoms with Crippen LogP contribution in [0.2, 0.25) is 0 Å². The number of nitrogens with zero attached hydrogens (tertiary/aromatic N) is 3. The number of ether oxygens (including phenoxy) is 2. The smallest absolute Gasteiger partial charge is 0.430 e. The number of aliphatic hydroxyl groups is 1. The predicted octanol–water partition coefficient (Wildman–Crippen LogP) is 4.04. The maximum atomic E-state index is 13.3. The van der Waals surface area contributed by atoms with Gasteiger partial charge in [-0.15, -0.1) is 5.01 Å². The maximum absolute atomic E-state index is 13.3. The van der Waals surface area contributed by atoms with Crippen LogP contribution in [0.25, 0.3) is 6.08 Å². The maximum Gasteiger partial charge on any atom is 0.430 e. The van der Waals surface area contributed by atoms with Gasteiger partial charge in [-0.1, -0.05) is 19.4 Å². The third-order valence-corrected chi connectivity index (χ3v) is 5.40. The van der Waals surface area contributed by atoms with Crippen LogP contribution in [0.4, 0.5) is 32.6 Å². The zero-order valence-corrected chi connectivity index (χ0v) is 16.7. The first-order valence-electron chi connectivity index (χ1n) is 8.58. The molecule has 0 amide bonds. The van der Waals surface area contributed by atoms with Crippen molar-refractivity contribution >= 4 is 22.3 Å². The van der Waals surface area contributed by atoms with E-state index in [0.717, 1.165) is 5.01 Å². The molecular formula is C15H13F8N3O6S. The molecule has 2 heterocycles. The van der Waals surface area contributed by atoms with Crippen molar-refractivity contribution in [2.75, 3.05) is 19.9 Å². The number of halogens is 8. The molecule has 2 aliphatic rings. The van der Waals surface area contributed by atoms with Crippen LogP contribution < -0.4 is 4.74 Å². The lowest BCUT2D eigenvalue weighted by Crippen LogP contribution is -2.53. The fourth-order valence-corrected chi connectivity index (χ4v) is 3.36. The molecule has 1 atom stereocenters. The molecule has 0 unspecified atom stereocenters. The van der Waals surface area contributed by atoms with Crippen LogP contribution in [-0.4, -0.2) is 59.3 Å². The second kappa shape index (κ2) is 7.24. The molecule has 0 saturated carbocycles. The summed E-state index contributed by atoms with van der Waals surface area (Å²) in [7, 11) is -10.2. The Morgan fingerprint density at radius 3 is 2.45 bits per heavy atom. The van der Waals surface area contributed by atoms with Crippen LogP contribution in [0.15, 0.2) is 33.9 Å². The summed E-state index contributed by atoms with van der Waals surface area (Å²) in [6.45, 7) is -1.34. The van der Waals surface area contributed by atoms with Gasteiger partial charge in [0.15, 0.2) is 0 Å². The van der Waals surface area contributed by atoms with Crippen LogP contribution in [0.3, 0.4) is 0 Å². The number of alkyl halides is 3. The minimum absolute atomic E-state index is 0.0754. The van der Waals surface area contributed by atoms with Crippen molar-refractivity contribution in [2.24, 2.45) is 5.28 Å². The molecule has 0 spiro atoms. The number of rotatable bonds is 6. The molecular weight excluding hydrogens is 502 g/mol. The highest BCUT2D eigenvalue weighted by molar-refractivity contribution is 8.45. The number of carbonyl (C=O) groups is 1. The van der Waals surface area contributed by atoms with Gasteiger partial charge in [0.2, 0.25) is 11.4 Å². The lowest BCUT2D eigenvalue weighted by Gasteiger charge is -2.41. The number of hydrogen-bond donors (Lipinski definition) is 1. The molecule has 9 nitrogen and oxygen atoms in total. The van der Waals surface area contributed by atoms with Gasteiger partial charge >= 0.3 is 22.4 Å². The molecule has 1 aromatic carbocycles. The Morgan fingerprint density at radius 1 is 1.27 bits per heavy atom. The van der Waals surface area contributed by atoms with Gasteiger partial charge in [0.1, 0.15) is 29.8 Å². The number of β-amino-alcohol motifs (C(OH)–C–C–N with tert-alkyl or cyclic N) is 1. The monoisotopic (exact) mass is 515 g/mol. The molecule has 186 valence electrons. The lowest BCUT2D eigenvalue weighted by atomic mass is 10.0. The van der Waals surface area contributed by atoms with E-state index in [1.54, 1.807) is 0 Å². The van der Waals surface area contributed by atoms with E-state index in [0.29, 0.717) is 0 Å². The van der Waals surface area contributed by atoms with E-state index in [1.807, 2.05) is 0 Å². The summed E-state index contributed by atoms with van der Waals surface area (Å²) in [5.41, 5.74) is -2.23. The third-order valence-electron chi connectivity index (χ3n) is 4.25. The van der Waals surface area contributed by atoms with Crippen molar-refractivity contribution in [1.29, 1.82) is 0 Å². The highest BCUT2D eigenvalue weighted by atomic mass is 32.5. The van der Waals surface area contributed by atoms with E-state index < -0.39 is 63.2 Å². The van der Waals surface area contributed by atoms with E-state index in [4.69, 9.17) is 5.11 Å². The standard InChI is InChI=1S/C15H13F8N3O6S/c16-15(17,18)13-11(14(28)30-7-31-24-26(29)25-5-9(27)6-25)4-8-3-10(1-2-12(8)32-13)33(19,20,21,22)23/h1-4,9,13,27H,5-7H2/t13-/m0/s1. The van der Waals surface area contributed by atoms with Crippen LogP contribution in [0, 0.1) is 5.21 Å². The van der Waals surface area contributed by atoms with Gasteiger partial charge in [0.05, 0.1) is 10.5 Å². The highest BCUT2D eigenvalue weighted by Gasteiger charge is 2.65. The number of aliphatic hydroxyl groups excluding tert-OH is 1. The number of benzene rings is 1. The fourth-order valence-electron chi connectivity index (χ4n) is 2.69. The molecule has 0 bridgehead atoms. The Bertz CT molecular complexity index is 1020. The van der Waals surface area contributed by atoms with E-state index in [2.05, 4.69) is 19.6 Å². The number of carbonyl (C=O) groups excluding carboxylic acids is 1. The summed E-state index contributed by atoms with van der Waals surface area (Å²) in [4.78, 5) is 13.9. The first-order chi connectivity index (χ1) is 14.8. The molecule has 1 aromatic rings. The van der Waals surface area contributed by atoms with E-state index in [1.165, 1.54) is 0 Å².